The summed E-state index contributed by atoms with van der Waals surface area (Å²) in [5.41, 5.74) is 2.75. The van der Waals surface area contributed by atoms with E-state index < -0.39 is 29.7 Å². The fourth-order valence-electron chi connectivity index (χ4n) is 3.00. The van der Waals surface area contributed by atoms with E-state index in [1.54, 1.807) is 37.3 Å². The maximum atomic E-state index is 13.9. The lowest BCUT2D eigenvalue weighted by Crippen LogP contribution is -2.22. The molecule has 0 radical (unpaired) electrons. The second kappa shape index (κ2) is 11.6. The van der Waals surface area contributed by atoms with E-state index in [1.165, 1.54) is 30.6 Å². The number of benzene rings is 2. The van der Waals surface area contributed by atoms with Gasteiger partial charge in [-0.15, -0.1) is 0 Å². The van der Waals surface area contributed by atoms with Crippen molar-refractivity contribution in [3.63, 3.8) is 0 Å². The number of aromatic hydroxyl groups is 1. The lowest BCUT2D eigenvalue weighted by molar-refractivity contribution is -0.124. The number of ether oxygens (including phenoxy) is 1. The van der Waals surface area contributed by atoms with Crippen molar-refractivity contribution < 1.29 is 33.8 Å². The van der Waals surface area contributed by atoms with Gasteiger partial charge in [-0.2, -0.15) is 0 Å². The standard InChI is InChI=1S/C23H25FN2O6/c1-14(5-3-4-6-21(29)26-31)22(17-9-12-20(28)19(24)13-17)32-23(30)25-18-10-7-16(8-11-18)15(2)27/h4,6-14,22,28,31H,3,5H2,1-2H3,(H,25,30)(H,26,29)/b6-4+/t14-,22-/m0/s1. The highest BCUT2D eigenvalue weighted by molar-refractivity contribution is 5.95. The van der Waals surface area contributed by atoms with Crippen LogP contribution in [0.1, 0.15) is 48.7 Å². The maximum Gasteiger partial charge on any atom is 0.412 e. The normalized spacial score (nSPS) is 12.8. The van der Waals surface area contributed by atoms with Gasteiger partial charge >= 0.3 is 6.09 Å². The first-order valence-electron chi connectivity index (χ1n) is 9.89. The van der Waals surface area contributed by atoms with Crippen LogP contribution in [-0.4, -0.2) is 28.1 Å². The number of hydrogen-bond donors (Lipinski definition) is 4. The Morgan fingerprint density at radius 3 is 2.44 bits per heavy atom. The summed E-state index contributed by atoms with van der Waals surface area (Å²) < 4.78 is 19.5. The predicted molar refractivity (Wildman–Crippen MR) is 115 cm³/mol. The summed E-state index contributed by atoms with van der Waals surface area (Å²) in [6, 6.07) is 10.0. The Morgan fingerprint density at radius 2 is 1.84 bits per heavy atom. The monoisotopic (exact) mass is 444 g/mol. The molecule has 0 fully saturated rings. The highest BCUT2D eigenvalue weighted by atomic mass is 19.1. The highest BCUT2D eigenvalue weighted by Gasteiger charge is 2.24. The molecule has 9 heteroatoms. The Balaban J connectivity index is 2.13. The van der Waals surface area contributed by atoms with Crippen LogP contribution in [0.4, 0.5) is 14.9 Å². The summed E-state index contributed by atoms with van der Waals surface area (Å²) in [5.74, 6) is -2.42. The van der Waals surface area contributed by atoms with Crippen molar-refractivity contribution in [1.29, 1.82) is 0 Å². The van der Waals surface area contributed by atoms with E-state index in [-0.39, 0.29) is 11.7 Å². The van der Waals surface area contributed by atoms with Crippen LogP contribution in [-0.2, 0) is 9.53 Å². The summed E-state index contributed by atoms with van der Waals surface area (Å²) in [4.78, 5) is 34.9. The van der Waals surface area contributed by atoms with Crippen LogP contribution in [0.2, 0.25) is 0 Å². The molecule has 2 aromatic carbocycles. The minimum atomic E-state index is -0.846. The molecule has 4 N–H and O–H groups in total. The number of carbonyl (C=O) groups excluding carboxylic acids is 3. The van der Waals surface area contributed by atoms with Gasteiger partial charge in [-0.05, 0) is 67.6 Å². The molecule has 0 aliphatic carbocycles. The van der Waals surface area contributed by atoms with Crippen molar-refractivity contribution in [1.82, 2.24) is 5.48 Å². The Bertz CT molecular complexity index is 990. The van der Waals surface area contributed by atoms with Crippen molar-refractivity contribution in [3.8, 4) is 5.75 Å². The van der Waals surface area contributed by atoms with Crippen LogP contribution in [0.3, 0.4) is 0 Å². The molecule has 0 aliphatic heterocycles. The summed E-state index contributed by atoms with van der Waals surface area (Å²) >= 11 is 0. The fraction of sp³-hybridized carbons (Fsp3) is 0.261. The average molecular weight is 444 g/mol. The van der Waals surface area contributed by atoms with Crippen LogP contribution in [0.5, 0.6) is 5.75 Å². The largest absolute Gasteiger partial charge is 0.505 e. The minimum Gasteiger partial charge on any atom is -0.505 e. The molecule has 32 heavy (non-hydrogen) atoms. The summed E-state index contributed by atoms with van der Waals surface area (Å²) in [5, 5.41) is 20.5. The first-order chi connectivity index (χ1) is 15.2. The quantitative estimate of drug-likeness (QED) is 0.195. The zero-order valence-corrected chi connectivity index (χ0v) is 17.7. The van der Waals surface area contributed by atoms with E-state index >= 15 is 0 Å². The smallest absolute Gasteiger partial charge is 0.412 e. The zero-order chi connectivity index (χ0) is 23.7. The van der Waals surface area contributed by atoms with Crippen molar-refractivity contribution in [2.75, 3.05) is 5.32 Å². The molecule has 0 spiro atoms. The SMILES string of the molecule is CC(=O)c1ccc(NC(=O)O[C@H](c2ccc(O)c(F)c2)[C@@H](C)CC/C=C/C(=O)NO)cc1. The minimum absolute atomic E-state index is 0.104. The number of carbonyl (C=O) groups is 3. The van der Waals surface area contributed by atoms with Crippen molar-refractivity contribution in [2.45, 2.75) is 32.8 Å². The number of rotatable bonds is 9. The van der Waals surface area contributed by atoms with E-state index in [2.05, 4.69) is 5.32 Å². The van der Waals surface area contributed by atoms with Crippen LogP contribution in [0.15, 0.2) is 54.6 Å². The number of allylic oxidation sites excluding steroid dienone is 1. The van der Waals surface area contributed by atoms with Gasteiger partial charge in [-0.25, -0.2) is 14.7 Å². The molecule has 2 aromatic rings. The fourth-order valence-corrected chi connectivity index (χ4v) is 3.00. The van der Waals surface area contributed by atoms with Crippen molar-refractivity contribution in [2.24, 2.45) is 5.92 Å². The maximum absolute atomic E-state index is 13.9. The highest BCUT2D eigenvalue weighted by Crippen LogP contribution is 2.32. The van der Waals surface area contributed by atoms with Gasteiger partial charge in [0.05, 0.1) is 0 Å². The number of anilines is 1. The van der Waals surface area contributed by atoms with Crippen LogP contribution >= 0.6 is 0 Å². The predicted octanol–water partition coefficient (Wildman–Crippen LogP) is 4.50. The molecule has 0 heterocycles. The van der Waals surface area contributed by atoms with Gasteiger partial charge in [-0.3, -0.25) is 20.1 Å². The number of ketones is 1. The number of phenolic OH excluding ortho intramolecular Hbond substituents is 1. The number of amides is 2. The van der Waals surface area contributed by atoms with Crippen LogP contribution < -0.4 is 10.8 Å². The first-order valence-corrected chi connectivity index (χ1v) is 9.89. The summed E-state index contributed by atoms with van der Waals surface area (Å²) in [6.45, 7) is 3.23. The molecular formula is C23H25FN2O6. The van der Waals surface area contributed by atoms with E-state index in [0.717, 1.165) is 6.07 Å². The Morgan fingerprint density at radius 1 is 1.16 bits per heavy atom. The van der Waals surface area contributed by atoms with Gasteiger partial charge in [0, 0.05) is 17.3 Å². The molecule has 2 amide bonds. The van der Waals surface area contributed by atoms with Crippen molar-refractivity contribution in [3.05, 3.63) is 71.6 Å². The Kier molecular flexibility index (Phi) is 8.91. The molecule has 0 saturated heterocycles. The topological polar surface area (TPSA) is 125 Å². The molecule has 2 atom stereocenters. The third-order valence-electron chi connectivity index (χ3n) is 4.76. The van der Waals surface area contributed by atoms with Gasteiger partial charge in [0.15, 0.2) is 17.3 Å². The van der Waals surface area contributed by atoms with Crippen LogP contribution in [0, 0.1) is 11.7 Å². The number of halogens is 1. The second-order valence-corrected chi connectivity index (χ2v) is 7.23. The molecule has 0 saturated carbocycles. The molecular weight excluding hydrogens is 419 g/mol. The number of phenols is 1. The third-order valence-corrected chi connectivity index (χ3v) is 4.76. The lowest BCUT2D eigenvalue weighted by Gasteiger charge is -2.25. The van der Waals surface area contributed by atoms with Crippen LogP contribution in [0.25, 0.3) is 0 Å². The average Bonchev–Trinajstić information content (AvgIpc) is 2.77. The molecule has 0 bridgehead atoms. The zero-order valence-electron chi connectivity index (χ0n) is 17.7. The molecule has 8 nitrogen and oxygen atoms in total. The summed E-state index contributed by atoms with van der Waals surface area (Å²) in [6.07, 6.45) is 2.00. The van der Waals surface area contributed by atoms with Gasteiger partial charge < -0.3 is 9.84 Å². The second-order valence-electron chi connectivity index (χ2n) is 7.23. The number of hydroxylamine groups is 1. The van der Waals surface area contributed by atoms with E-state index in [4.69, 9.17) is 9.94 Å². The van der Waals surface area contributed by atoms with E-state index in [1.807, 2.05) is 0 Å². The van der Waals surface area contributed by atoms with Gasteiger partial charge in [0.2, 0.25) is 0 Å². The van der Waals surface area contributed by atoms with E-state index in [0.29, 0.717) is 29.7 Å². The molecule has 0 aliphatic rings. The van der Waals surface area contributed by atoms with E-state index in [9.17, 15) is 23.9 Å². The molecule has 0 unspecified atom stereocenters. The molecule has 0 aromatic heterocycles. The Labute approximate surface area is 184 Å². The summed E-state index contributed by atoms with van der Waals surface area (Å²) in [7, 11) is 0. The first kappa shape index (κ1) is 24.5. The van der Waals surface area contributed by atoms with Crippen molar-refractivity contribution >= 4 is 23.5 Å². The van der Waals surface area contributed by atoms with Gasteiger partial charge in [0.25, 0.3) is 5.91 Å². The number of nitrogens with one attached hydrogen (secondary N) is 2. The molecule has 2 rings (SSSR count). The number of Topliss-reactive ketones (excluding diaryl/α,β-unsaturated/α-hetero) is 1. The van der Waals surface area contributed by atoms with Gasteiger partial charge in [-0.1, -0.05) is 19.1 Å². The molecule has 170 valence electrons. The number of hydrogen-bond acceptors (Lipinski definition) is 6. The van der Waals surface area contributed by atoms with Gasteiger partial charge in [0.1, 0.15) is 6.10 Å². The Hall–Kier alpha value is -3.72. The lowest BCUT2D eigenvalue weighted by atomic mass is 9.93. The third kappa shape index (κ3) is 7.21.